The molecule has 2 N–H and O–H groups in total. The van der Waals surface area contributed by atoms with E-state index >= 15 is 0 Å². The lowest BCUT2D eigenvalue weighted by atomic mass is 10.00. The van der Waals surface area contributed by atoms with E-state index in [1.165, 1.54) is 0 Å². The molecule has 14 heavy (non-hydrogen) atoms. The summed E-state index contributed by atoms with van der Waals surface area (Å²) in [4.78, 5) is 21.7. The monoisotopic (exact) mass is 218 g/mol. The second-order valence-corrected chi connectivity index (χ2v) is 5.86. The van der Waals surface area contributed by atoms with E-state index in [1.807, 2.05) is 13.2 Å². The molecule has 1 unspecified atom stereocenters. The molecule has 0 bridgehead atoms. The number of ketones is 1. The Labute approximate surface area is 88.8 Å². The molecule has 2 atom stereocenters. The minimum atomic E-state index is -0.244. The van der Waals surface area contributed by atoms with Crippen LogP contribution in [0.5, 0.6) is 0 Å². The van der Waals surface area contributed by atoms with E-state index in [0.29, 0.717) is 5.75 Å². The van der Waals surface area contributed by atoms with Crippen molar-refractivity contribution in [1.29, 1.82) is 0 Å². The molecule has 0 aromatic rings. The van der Waals surface area contributed by atoms with Crippen LogP contribution in [0.15, 0.2) is 0 Å². The highest BCUT2D eigenvalue weighted by atomic mass is 32.2. The van der Waals surface area contributed by atoms with Crippen LogP contribution in [0.25, 0.3) is 0 Å². The fourth-order valence-corrected chi connectivity index (χ4v) is 2.67. The van der Waals surface area contributed by atoms with Crippen molar-refractivity contribution < 1.29 is 9.59 Å². The Balaban J connectivity index is 3.79. The van der Waals surface area contributed by atoms with E-state index in [1.54, 1.807) is 6.92 Å². The van der Waals surface area contributed by atoms with Crippen molar-refractivity contribution in [1.82, 2.24) is 0 Å². The fourth-order valence-electron chi connectivity index (χ4n) is 1.35. The number of hydrogen-bond donors (Lipinski definition) is 1. The molecule has 0 saturated carbocycles. The van der Waals surface area contributed by atoms with Crippen LogP contribution in [0.1, 0.15) is 26.7 Å². The van der Waals surface area contributed by atoms with Crippen molar-refractivity contribution in [2.45, 2.75) is 26.7 Å². The molecule has 0 aromatic carbocycles. The van der Waals surface area contributed by atoms with Gasteiger partial charge in [0.05, 0.1) is 6.26 Å². The molecule has 82 valence electrons. The molecule has 0 aromatic heterocycles. The molecule has 0 saturated heterocycles. The van der Waals surface area contributed by atoms with E-state index in [-0.39, 0.29) is 28.5 Å². The number of rotatable bonds is 7. The summed E-state index contributed by atoms with van der Waals surface area (Å²) in [6, 6.07) is 0. The van der Waals surface area contributed by atoms with Crippen molar-refractivity contribution >= 4 is 22.6 Å². The molecule has 0 aliphatic rings. The second-order valence-electron chi connectivity index (χ2n) is 3.60. The molecule has 0 aliphatic carbocycles. The van der Waals surface area contributed by atoms with Gasteiger partial charge in [-0.25, -0.2) is 0 Å². The Kier molecular flexibility index (Phi) is 6.62. The van der Waals surface area contributed by atoms with E-state index < -0.39 is 0 Å². The van der Waals surface area contributed by atoms with Gasteiger partial charge in [-0.15, -0.1) is 0 Å². The molecule has 0 aliphatic heterocycles. The van der Waals surface area contributed by atoms with Crippen molar-refractivity contribution in [3.63, 3.8) is 0 Å². The van der Waals surface area contributed by atoms with Crippen LogP contribution in [-0.2, 0) is 20.5 Å². The summed E-state index contributed by atoms with van der Waals surface area (Å²) < 4.78 is 0. The van der Waals surface area contributed by atoms with Gasteiger partial charge < -0.3 is 5.73 Å². The van der Waals surface area contributed by atoms with Gasteiger partial charge in [-0.05, 0) is 24.2 Å². The molecule has 1 amide bonds. The lowest BCUT2D eigenvalue weighted by Crippen LogP contribution is -2.26. The van der Waals surface area contributed by atoms with Gasteiger partial charge in [-0.2, -0.15) is 0 Å². The Morgan fingerprint density at radius 3 is 2.36 bits per heavy atom. The number of hydrogen-bond acceptors (Lipinski definition) is 2. The first-order valence-corrected chi connectivity index (χ1v) is 6.82. The highest BCUT2D eigenvalue weighted by Crippen LogP contribution is 2.11. The lowest BCUT2D eigenvalue weighted by molar-refractivity contribution is -0.120. The number of nitrogens with two attached hydrogens (primary N) is 1. The highest BCUT2D eigenvalue weighted by Gasteiger charge is 2.19. The van der Waals surface area contributed by atoms with Gasteiger partial charge in [0, 0.05) is 12.3 Å². The first-order valence-electron chi connectivity index (χ1n) is 4.85. The van der Waals surface area contributed by atoms with E-state index in [9.17, 15) is 9.59 Å². The standard InChI is InChI=1S/C10H19NO2S/c1-4-9(8(2)12)5-6-14(3)7-10(11)13/h9H,4-7H2,1-3H3,(H-,11,13)/p+1/t9-,14?/m0/s1. The molecule has 0 heterocycles. The van der Waals surface area contributed by atoms with Crippen molar-refractivity contribution in [2.24, 2.45) is 11.7 Å². The zero-order valence-corrected chi connectivity index (χ0v) is 10.0. The van der Waals surface area contributed by atoms with Gasteiger partial charge in [-0.1, -0.05) is 6.92 Å². The van der Waals surface area contributed by atoms with Gasteiger partial charge in [-0.3, -0.25) is 9.59 Å². The summed E-state index contributed by atoms with van der Waals surface area (Å²) in [5, 5.41) is 0. The van der Waals surface area contributed by atoms with Crippen molar-refractivity contribution in [3.8, 4) is 0 Å². The summed E-state index contributed by atoms with van der Waals surface area (Å²) in [5.74, 6) is 1.56. The maximum Gasteiger partial charge on any atom is 0.267 e. The minimum absolute atomic E-state index is 0.0344. The number of carbonyl (C=O) groups is 2. The quantitative estimate of drug-likeness (QED) is 0.640. The highest BCUT2D eigenvalue weighted by molar-refractivity contribution is 7.96. The van der Waals surface area contributed by atoms with Crippen molar-refractivity contribution in [3.05, 3.63) is 0 Å². The first-order chi connectivity index (χ1) is 6.47. The van der Waals surface area contributed by atoms with Crippen LogP contribution in [0.4, 0.5) is 0 Å². The summed E-state index contributed by atoms with van der Waals surface area (Å²) >= 11 is 0. The van der Waals surface area contributed by atoms with Gasteiger partial charge in [0.1, 0.15) is 11.5 Å². The molecular weight excluding hydrogens is 198 g/mol. The third-order valence-electron chi connectivity index (χ3n) is 2.27. The summed E-state index contributed by atoms with van der Waals surface area (Å²) in [5.41, 5.74) is 5.09. The van der Waals surface area contributed by atoms with Gasteiger partial charge in [0.2, 0.25) is 0 Å². The van der Waals surface area contributed by atoms with E-state index in [0.717, 1.165) is 18.6 Å². The molecule has 3 nitrogen and oxygen atoms in total. The van der Waals surface area contributed by atoms with Gasteiger partial charge >= 0.3 is 0 Å². The van der Waals surface area contributed by atoms with Gasteiger partial charge in [0.15, 0.2) is 5.75 Å². The SMILES string of the molecule is CC[C@@H](CC[S+](C)CC(N)=O)C(C)=O. The first kappa shape index (κ1) is 13.5. The third-order valence-corrected chi connectivity index (χ3v) is 3.98. The molecule has 4 heteroatoms. The smallest absolute Gasteiger partial charge is 0.267 e. The zero-order chi connectivity index (χ0) is 11.1. The number of amides is 1. The Bertz CT molecular complexity index is 206. The predicted octanol–water partition coefficient (Wildman–Crippen LogP) is 0.725. The average Bonchev–Trinajstić information content (AvgIpc) is 2.03. The van der Waals surface area contributed by atoms with Crippen LogP contribution in [0.3, 0.4) is 0 Å². The topological polar surface area (TPSA) is 60.2 Å². The Morgan fingerprint density at radius 2 is 2.00 bits per heavy atom. The van der Waals surface area contributed by atoms with Crippen LogP contribution < -0.4 is 5.73 Å². The molecule has 0 radical (unpaired) electrons. The number of carbonyl (C=O) groups excluding carboxylic acids is 2. The van der Waals surface area contributed by atoms with E-state index in [2.05, 4.69) is 0 Å². The maximum atomic E-state index is 11.1. The summed E-state index contributed by atoms with van der Waals surface area (Å²) in [6.07, 6.45) is 3.81. The lowest BCUT2D eigenvalue weighted by Gasteiger charge is -2.09. The Morgan fingerprint density at radius 1 is 1.43 bits per heavy atom. The predicted molar refractivity (Wildman–Crippen MR) is 61.3 cm³/mol. The largest absolute Gasteiger partial charge is 0.366 e. The van der Waals surface area contributed by atoms with Crippen LogP contribution in [-0.4, -0.2) is 29.5 Å². The van der Waals surface area contributed by atoms with Crippen LogP contribution in [0, 0.1) is 5.92 Å². The summed E-state index contributed by atoms with van der Waals surface area (Å²) in [7, 11) is 0.0344. The normalized spacial score (nSPS) is 14.8. The average molecular weight is 218 g/mol. The second kappa shape index (κ2) is 6.87. The van der Waals surface area contributed by atoms with Crippen LogP contribution >= 0.6 is 0 Å². The van der Waals surface area contributed by atoms with Gasteiger partial charge in [0.25, 0.3) is 5.91 Å². The minimum Gasteiger partial charge on any atom is -0.366 e. The molecular formula is C10H20NO2S+. The Hall–Kier alpha value is -0.510. The van der Waals surface area contributed by atoms with E-state index in [4.69, 9.17) is 5.73 Å². The maximum absolute atomic E-state index is 11.1. The number of primary amides is 1. The third kappa shape index (κ3) is 6.02. The van der Waals surface area contributed by atoms with Crippen LogP contribution in [0.2, 0.25) is 0 Å². The molecule has 0 rings (SSSR count). The zero-order valence-electron chi connectivity index (χ0n) is 9.21. The van der Waals surface area contributed by atoms with Crippen molar-refractivity contribution in [2.75, 3.05) is 17.8 Å². The molecule has 0 spiro atoms. The number of Topliss-reactive ketones (excluding diaryl/α,β-unsaturated/α-hetero) is 1. The fraction of sp³-hybridized carbons (Fsp3) is 0.800. The molecule has 0 fully saturated rings. The summed E-state index contributed by atoms with van der Waals surface area (Å²) in [6.45, 7) is 3.66.